The maximum Gasteiger partial charge on any atom is 0.336 e. The van der Waals surface area contributed by atoms with E-state index in [1.54, 1.807) is 37.5 Å². The van der Waals surface area contributed by atoms with E-state index in [0.717, 1.165) is 12.0 Å². The molecular weight excluding hydrogens is 352 g/mol. The fraction of sp³-hybridized carbons (Fsp3) is 0.286. The minimum Gasteiger partial charge on any atom is -0.493 e. The topological polar surface area (TPSA) is 44.8 Å². The number of rotatable bonds is 8. The number of halogens is 1. The Kier molecular flexibility index (Phi) is 7.54. The Balaban J connectivity index is 1.98. The molecule has 0 fully saturated rings. The van der Waals surface area contributed by atoms with E-state index in [-0.39, 0.29) is 0 Å². The molecule has 0 aliphatic heterocycles. The third-order valence-electron chi connectivity index (χ3n) is 3.58. The van der Waals surface area contributed by atoms with Crippen LogP contribution in [0.5, 0.6) is 17.2 Å². The minimum absolute atomic E-state index is 0.440. The first-order valence-corrected chi connectivity index (χ1v) is 8.82. The van der Waals surface area contributed by atoms with E-state index in [0.29, 0.717) is 34.8 Å². The summed E-state index contributed by atoms with van der Waals surface area (Å²) in [5.41, 5.74) is 0.811. The van der Waals surface area contributed by atoms with Gasteiger partial charge in [0.05, 0.1) is 13.7 Å². The zero-order valence-corrected chi connectivity index (χ0v) is 16.0. The van der Waals surface area contributed by atoms with Crippen LogP contribution < -0.4 is 14.2 Å². The molecule has 2 aromatic carbocycles. The van der Waals surface area contributed by atoms with Gasteiger partial charge in [-0.3, -0.25) is 0 Å². The van der Waals surface area contributed by atoms with Crippen molar-refractivity contribution >= 4 is 23.6 Å². The van der Waals surface area contributed by atoms with Gasteiger partial charge in [-0.1, -0.05) is 31.5 Å². The van der Waals surface area contributed by atoms with Crippen molar-refractivity contribution in [2.24, 2.45) is 5.92 Å². The quantitative estimate of drug-likeness (QED) is 0.353. The predicted molar refractivity (Wildman–Crippen MR) is 104 cm³/mol. The zero-order valence-electron chi connectivity index (χ0n) is 15.2. The standard InChI is InChI=1S/C21H23ClO4/c1-15(2)12-13-25-19-10-4-16(14-20(19)24-3)5-11-21(23)26-18-8-6-17(22)7-9-18/h4-11,14-15H,12-13H2,1-3H3/b11-5+. The van der Waals surface area contributed by atoms with Crippen LogP contribution >= 0.6 is 11.6 Å². The summed E-state index contributed by atoms with van der Waals surface area (Å²) in [5.74, 6) is 1.87. The summed E-state index contributed by atoms with van der Waals surface area (Å²) in [6, 6.07) is 12.1. The van der Waals surface area contributed by atoms with Crippen molar-refractivity contribution in [1.82, 2.24) is 0 Å². The molecule has 26 heavy (non-hydrogen) atoms. The van der Waals surface area contributed by atoms with Gasteiger partial charge in [0.15, 0.2) is 11.5 Å². The number of benzene rings is 2. The number of carbonyl (C=O) groups is 1. The Bertz CT molecular complexity index is 751. The van der Waals surface area contributed by atoms with Crippen LogP contribution in [0.4, 0.5) is 0 Å². The van der Waals surface area contributed by atoms with Crippen molar-refractivity contribution in [2.45, 2.75) is 20.3 Å². The summed E-state index contributed by atoms with van der Waals surface area (Å²) < 4.78 is 16.3. The Hall–Kier alpha value is -2.46. The molecule has 0 N–H and O–H groups in total. The number of methoxy groups -OCH3 is 1. The Morgan fingerprint density at radius 1 is 1.12 bits per heavy atom. The van der Waals surface area contributed by atoms with Crippen LogP contribution in [0.15, 0.2) is 48.5 Å². The molecule has 0 unspecified atom stereocenters. The van der Waals surface area contributed by atoms with Gasteiger partial charge in [0.25, 0.3) is 0 Å². The third-order valence-corrected chi connectivity index (χ3v) is 3.84. The summed E-state index contributed by atoms with van der Waals surface area (Å²) in [4.78, 5) is 11.9. The third kappa shape index (κ3) is 6.45. The van der Waals surface area contributed by atoms with Gasteiger partial charge >= 0.3 is 5.97 Å². The Morgan fingerprint density at radius 2 is 1.85 bits per heavy atom. The number of ether oxygens (including phenoxy) is 3. The van der Waals surface area contributed by atoms with Crippen LogP contribution in [-0.4, -0.2) is 19.7 Å². The molecule has 5 heteroatoms. The molecule has 138 valence electrons. The molecule has 0 bridgehead atoms. The first kappa shape index (κ1) is 19.9. The normalized spacial score (nSPS) is 11.0. The summed E-state index contributed by atoms with van der Waals surface area (Å²) in [6.07, 6.45) is 4.00. The lowest BCUT2D eigenvalue weighted by molar-refractivity contribution is -0.128. The van der Waals surface area contributed by atoms with Crippen LogP contribution in [-0.2, 0) is 4.79 Å². The Labute approximate surface area is 159 Å². The van der Waals surface area contributed by atoms with Crippen LogP contribution in [0.2, 0.25) is 5.02 Å². The van der Waals surface area contributed by atoms with Gasteiger partial charge in [-0.25, -0.2) is 4.79 Å². The fourth-order valence-electron chi connectivity index (χ4n) is 2.13. The highest BCUT2D eigenvalue weighted by Gasteiger charge is 2.06. The summed E-state index contributed by atoms with van der Waals surface area (Å²) in [5, 5.41) is 0.586. The molecule has 2 rings (SSSR count). The van der Waals surface area contributed by atoms with E-state index in [1.807, 2.05) is 18.2 Å². The van der Waals surface area contributed by atoms with Crippen molar-refractivity contribution in [2.75, 3.05) is 13.7 Å². The van der Waals surface area contributed by atoms with Gasteiger partial charge in [0.2, 0.25) is 0 Å². The van der Waals surface area contributed by atoms with Crippen molar-refractivity contribution in [1.29, 1.82) is 0 Å². The number of hydrogen-bond donors (Lipinski definition) is 0. The average molecular weight is 375 g/mol. The van der Waals surface area contributed by atoms with Crippen LogP contribution in [0.25, 0.3) is 6.08 Å². The molecule has 0 amide bonds. The van der Waals surface area contributed by atoms with Crippen LogP contribution in [0, 0.1) is 5.92 Å². The predicted octanol–water partition coefficient (Wildman–Crippen LogP) is 5.39. The molecule has 0 spiro atoms. The second kappa shape index (κ2) is 9.88. The smallest absolute Gasteiger partial charge is 0.336 e. The van der Waals surface area contributed by atoms with Crippen LogP contribution in [0.3, 0.4) is 0 Å². The van der Waals surface area contributed by atoms with E-state index < -0.39 is 5.97 Å². The number of carbonyl (C=O) groups excluding carboxylic acids is 1. The highest BCUT2D eigenvalue weighted by atomic mass is 35.5. The van der Waals surface area contributed by atoms with Crippen molar-refractivity contribution < 1.29 is 19.0 Å². The SMILES string of the molecule is COc1cc(/C=C/C(=O)Oc2ccc(Cl)cc2)ccc1OCCC(C)C. The molecule has 0 saturated carbocycles. The van der Waals surface area contributed by atoms with Crippen molar-refractivity contribution in [3.63, 3.8) is 0 Å². The van der Waals surface area contributed by atoms with Crippen molar-refractivity contribution in [3.05, 3.63) is 59.1 Å². The van der Waals surface area contributed by atoms with Gasteiger partial charge in [-0.15, -0.1) is 0 Å². The minimum atomic E-state index is -0.469. The Morgan fingerprint density at radius 3 is 2.50 bits per heavy atom. The maximum absolute atomic E-state index is 11.9. The highest BCUT2D eigenvalue weighted by Crippen LogP contribution is 2.29. The largest absolute Gasteiger partial charge is 0.493 e. The van der Waals surface area contributed by atoms with E-state index in [4.69, 9.17) is 25.8 Å². The second-order valence-electron chi connectivity index (χ2n) is 6.15. The molecule has 2 aromatic rings. The molecular formula is C21H23ClO4. The van der Waals surface area contributed by atoms with Gasteiger partial charge in [0.1, 0.15) is 5.75 Å². The zero-order chi connectivity index (χ0) is 18.9. The molecule has 0 radical (unpaired) electrons. The van der Waals surface area contributed by atoms with E-state index >= 15 is 0 Å². The van der Waals surface area contributed by atoms with Gasteiger partial charge in [-0.2, -0.15) is 0 Å². The lowest BCUT2D eigenvalue weighted by atomic mass is 10.1. The molecule has 0 aliphatic rings. The summed E-state index contributed by atoms with van der Waals surface area (Å²) in [7, 11) is 1.59. The maximum atomic E-state index is 11.9. The summed E-state index contributed by atoms with van der Waals surface area (Å²) in [6.45, 7) is 4.94. The second-order valence-corrected chi connectivity index (χ2v) is 6.59. The first-order chi connectivity index (χ1) is 12.5. The molecule has 0 atom stereocenters. The first-order valence-electron chi connectivity index (χ1n) is 8.44. The average Bonchev–Trinajstić information content (AvgIpc) is 2.62. The molecule has 0 saturated heterocycles. The highest BCUT2D eigenvalue weighted by molar-refractivity contribution is 6.30. The molecule has 4 nitrogen and oxygen atoms in total. The molecule has 0 heterocycles. The van der Waals surface area contributed by atoms with Gasteiger partial charge < -0.3 is 14.2 Å². The van der Waals surface area contributed by atoms with Crippen molar-refractivity contribution in [3.8, 4) is 17.2 Å². The lowest BCUT2D eigenvalue weighted by Crippen LogP contribution is -2.03. The van der Waals surface area contributed by atoms with Gasteiger partial charge in [-0.05, 0) is 60.4 Å². The van der Waals surface area contributed by atoms with Crippen LogP contribution in [0.1, 0.15) is 25.8 Å². The summed E-state index contributed by atoms with van der Waals surface area (Å²) >= 11 is 5.80. The number of hydrogen-bond acceptors (Lipinski definition) is 4. The lowest BCUT2D eigenvalue weighted by Gasteiger charge is -2.12. The van der Waals surface area contributed by atoms with Gasteiger partial charge in [0, 0.05) is 11.1 Å². The molecule has 0 aliphatic carbocycles. The van der Waals surface area contributed by atoms with E-state index in [1.165, 1.54) is 6.08 Å². The fourth-order valence-corrected chi connectivity index (χ4v) is 2.25. The monoisotopic (exact) mass is 374 g/mol. The molecule has 0 aromatic heterocycles. The van der Waals surface area contributed by atoms with E-state index in [9.17, 15) is 4.79 Å². The number of esters is 1. The van der Waals surface area contributed by atoms with E-state index in [2.05, 4.69) is 13.8 Å².